The molecule has 0 aliphatic carbocycles. The maximum Gasteiger partial charge on any atom is 0.269 e. The second-order valence-corrected chi connectivity index (χ2v) is 7.15. The van der Waals surface area contributed by atoms with Crippen LogP contribution in [0.25, 0.3) is 28.3 Å². The van der Waals surface area contributed by atoms with Crippen molar-refractivity contribution in [2.24, 2.45) is 5.73 Å². The number of nitrogens with zero attached hydrogens (tertiary/aromatic N) is 2. The number of carbonyl (C=O) groups is 1. The lowest BCUT2D eigenvalue weighted by atomic mass is 10.1. The summed E-state index contributed by atoms with van der Waals surface area (Å²) < 4.78 is 15.5. The third-order valence-electron chi connectivity index (χ3n) is 4.40. The predicted octanol–water partition coefficient (Wildman–Crippen LogP) is 5.75. The molecule has 0 aliphatic rings. The van der Waals surface area contributed by atoms with Crippen molar-refractivity contribution in [3.63, 3.8) is 0 Å². The molecule has 4 rings (SSSR count). The van der Waals surface area contributed by atoms with Crippen LogP contribution in [0.15, 0.2) is 72.8 Å². The van der Waals surface area contributed by atoms with E-state index < -0.39 is 11.7 Å². The van der Waals surface area contributed by atoms with Gasteiger partial charge in [0.15, 0.2) is 5.69 Å². The van der Waals surface area contributed by atoms with E-state index in [2.05, 4.69) is 4.98 Å². The molecule has 1 heterocycles. The summed E-state index contributed by atoms with van der Waals surface area (Å²) in [6.45, 7) is 0. The number of imidazole rings is 1. The van der Waals surface area contributed by atoms with Gasteiger partial charge < -0.3 is 5.73 Å². The third kappa shape index (κ3) is 3.62. The van der Waals surface area contributed by atoms with Gasteiger partial charge in [0.1, 0.15) is 11.6 Å². The Morgan fingerprint density at radius 1 is 0.931 bits per heavy atom. The topological polar surface area (TPSA) is 60.9 Å². The van der Waals surface area contributed by atoms with Crippen molar-refractivity contribution in [2.75, 3.05) is 0 Å². The molecule has 0 radical (unpaired) electrons. The zero-order valence-electron chi connectivity index (χ0n) is 14.9. The quantitative estimate of drug-likeness (QED) is 0.452. The number of benzene rings is 3. The number of amides is 1. The first kappa shape index (κ1) is 19.2. The van der Waals surface area contributed by atoms with Gasteiger partial charge in [0, 0.05) is 21.8 Å². The summed E-state index contributed by atoms with van der Waals surface area (Å²) in [5.74, 6) is -0.766. The van der Waals surface area contributed by atoms with Crippen molar-refractivity contribution >= 4 is 29.1 Å². The molecule has 4 aromatic rings. The highest BCUT2D eigenvalue weighted by Gasteiger charge is 2.24. The van der Waals surface area contributed by atoms with Crippen LogP contribution in [-0.2, 0) is 0 Å². The molecule has 2 N–H and O–H groups in total. The molecule has 1 aromatic heterocycles. The van der Waals surface area contributed by atoms with E-state index in [1.54, 1.807) is 34.9 Å². The maximum absolute atomic E-state index is 13.8. The molecule has 1 amide bonds. The van der Waals surface area contributed by atoms with Gasteiger partial charge in [-0.2, -0.15) is 0 Å². The van der Waals surface area contributed by atoms with Crippen LogP contribution in [0.3, 0.4) is 0 Å². The van der Waals surface area contributed by atoms with E-state index in [9.17, 15) is 9.18 Å². The summed E-state index contributed by atoms with van der Waals surface area (Å²) in [6.07, 6.45) is 0. The van der Waals surface area contributed by atoms with Gasteiger partial charge in [0.05, 0.1) is 10.7 Å². The number of aromatic nitrogens is 2. The summed E-state index contributed by atoms with van der Waals surface area (Å²) in [7, 11) is 0. The van der Waals surface area contributed by atoms with E-state index in [1.165, 1.54) is 12.1 Å². The van der Waals surface area contributed by atoms with Crippen LogP contribution in [0.5, 0.6) is 0 Å². The molecule has 0 saturated carbocycles. The molecule has 0 bridgehead atoms. The highest BCUT2D eigenvalue weighted by molar-refractivity contribution is 6.31. The maximum atomic E-state index is 13.8. The highest BCUT2D eigenvalue weighted by atomic mass is 35.5. The number of nitrogens with two attached hydrogens (primary N) is 1. The van der Waals surface area contributed by atoms with Crippen molar-refractivity contribution < 1.29 is 9.18 Å². The second kappa shape index (κ2) is 7.70. The molecule has 0 fully saturated rings. The molecular weight excluding hydrogens is 412 g/mol. The SMILES string of the molecule is NC(=O)c1nc(-c2ccccc2)n(-c2ccc(F)c(Cl)c2)c1-c1cccc(Cl)c1. The molecule has 0 atom stereocenters. The van der Waals surface area contributed by atoms with Gasteiger partial charge in [-0.3, -0.25) is 9.36 Å². The van der Waals surface area contributed by atoms with E-state index in [4.69, 9.17) is 28.9 Å². The molecule has 7 heteroatoms. The Kier molecular flexibility index (Phi) is 5.09. The molecule has 144 valence electrons. The first-order chi connectivity index (χ1) is 14.0. The molecule has 29 heavy (non-hydrogen) atoms. The van der Waals surface area contributed by atoms with Crippen LogP contribution in [0.2, 0.25) is 10.0 Å². The monoisotopic (exact) mass is 425 g/mol. The minimum absolute atomic E-state index is 0.0483. The van der Waals surface area contributed by atoms with E-state index in [-0.39, 0.29) is 10.7 Å². The van der Waals surface area contributed by atoms with Gasteiger partial charge >= 0.3 is 0 Å². The predicted molar refractivity (Wildman–Crippen MR) is 113 cm³/mol. The fraction of sp³-hybridized carbons (Fsp3) is 0. The molecule has 0 aliphatic heterocycles. The summed E-state index contributed by atoms with van der Waals surface area (Å²) >= 11 is 12.2. The lowest BCUT2D eigenvalue weighted by molar-refractivity contribution is 0.0996. The van der Waals surface area contributed by atoms with Crippen LogP contribution >= 0.6 is 23.2 Å². The number of rotatable bonds is 4. The first-order valence-corrected chi connectivity index (χ1v) is 9.40. The first-order valence-electron chi connectivity index (χ1n) is 8.65. The number of hydrogen-bond donors (Lipinski definition) is 1. The van der Waals surface area contributed by atoms with Crippen molar-refractivity contribution in [3.05, 3.63) is 94.4 Å². The fourth-order valence-corrected chi connectivity index (χ4v) is 3.52. The third-order valence-corrected chi connectivity index (χ3v) is 4.93. The normalized spacial score (nSPS) is 10.9. The number of hydrogen-bond acceptors (Lipinski definition) is 2. The Morgan fingerprint density at radius 2 is 1.66 bits per heavy atom. The Morgan fingerprint density at radius 3 is 2.31 bits per heavy atom. The van der Waals surface area contributed by atoms with E-state index >= 15 is 0 Å². The molecular formula is C22H14Cl2FN3O. The van der Waals surface area contributed by atoms with Crippen LogP contribution in [0, 0.1) is 5.82 Å². The molecule has 0 unspecified atom stereocenters. The van der Waals surface area contributed by atoms with E-state index in [0.717, 1.165) is 5.56 Å². The Labute approximate surface area is 176 Å². The van der Waals surface area contributed by atoms with Crippen molar-refractivity contribution in [1.29, 1.82) is 0 Å². The number of carbonyl (C=O) groups excluding carboxylic acids is 1. The number of halogens is 3. The van der Waals surface area contributed by atoms with Crippen molar-refractivity contribution in [3.8, 4) is 28.3 Å². The van der Waals surface area contributed by atoms with Gasteiger partial charge in [0.25, 0.3) is 5.91 Å². The Balaban J connectivity index is 2.11. The van der Waals surface area contributed by atoms with Crippen molar-refractivity contribution in [1.82, 2.24) is 9.55 Å². The summed E-state index contributed by atoms with van der Waals surface area (Å²) in [6, 6.07) is 20.6. The summed E-state index contributed by atoms with van der Waals surface area (Å²) in [4.78, 5) is 16.8. The van der Waals surface area contributed by atoms with Crippen LogP contribution < -0.4 is 5.73 Å². The summed E-state index contributed by atoms with van der Waals surface area (Å²) in [5.41, 5.74) is 8.10. The van der Waals surface area contributed by atoms with Crippen LogP contribution in [0.4, 0.5) is 4.39 Å². The Bertz CT molecular complexity index is 1220. The average Bonchev–Trinajstić information content (AvgIpc) is 3.12. The van der Waals surface area contributed by atoms with Gasteiger partial charge in [-0.15, -0.1) is 0 Å². The molecule has 3 aromatic carbocycles. The number of primary amides is 1. The average molecular weight is 426 g/mol. The highest BCUT2D eigenvalue weighted by Crippen LogP contribution is 2.35. The Hall–Kier alpha value is -3.15. The van der Waals surface area contributed by atoms with Gasteiger partial charge in [0.2, 0.25) is 0 Å². The lowest BCUT2D eigenvalue weighted by Gasteiger charge is -2.14. The van der Waals surface area contributed by atoms with E-state index in [0.29, 0.717) is 27.8 Å². The van der Waals surface area contributed by atoms with Crippen LogP contribution in [-0.4, -0.2) is 15.5 Å². The smallest absolute Gasteiger partial charge is 0.269 e. The molecule has 4 nitrogen and oxygen atoms in total. The second-order valence-electron chi connectivity index (χ2n) is 6.31. The van der Waals surface area contributed by atoms with Gasteiger partial charge in [-0.1, -0.05) is 65.7 Å². The molecule has 0 saturated heterocycles. The fourth-order valence-electron chi connectivity index (χ4n) is 3.15. The van der Waals surface area contributed by atoms with Gasteiger partial charge in [-0.25, -0.2) is 9.37 Å². The lowest BCUT2D eigenvalue weighted by Crippen LogP contribution is -2.13. The minimum Gasteiger partial charge on any atom is -0.364 e. The standard InChI is InChI=1S/C22H14Cl2FN3O/c23-15-8-4-7-14(11-15)20-19(21(26)29)27-22(13-5-2-1-3-6-13)28(20)16-9-10-18(25)17(24)12-16/h1-12H,(H2,26,29). The zero-order chi connectivity index (χ0) is 20.5. The largest absolute Gasteiger partial charge is 0.364 e. The van der Waals surface area contributed by atoms with Gasteiger partial charge in [-0.05, 0) is 30.3 Å². The minimum atomic E-state index is -0.691. The summed E-state index contributed by atoms with van der Waals surface area (Å²) in [5, 5.41) is 0.442. The van der Waals surface area contributed by atoms with Crippen LogP contribution in [0.1, 0.15) is 10.5 Å². The molecule has 0 spiro atoms. The van der Waals surface area contributed by atoms with Crippen molar-refractivity contribution in [2.45, 2.75) is 0 Å². The zero-order valence-corrected chi connectivity index (χ0v) is 16.5. The van der Waals surface area contributed by atoms with E-state index in [1.807, 2.05) is 30.3 Å².